The average molecular weight is 279 g/mol. The predicted molar refractivity (Wildman–Crippen MR) is 77.0 cm³/mol. The average Bonchev–Trinajstić information content (AvgIpc) is 2.36. The lowest BCUT2D eigenvalue weighted by molar-refractivity contribution is 0.00905. The second-order valence-corrected chi connectivity index (χ2v) is 6.47. The molecule has 1 aromatic carbocycles. The van der Waals surface area contributed by atoms with E-state index in [-0.39, 0.29) is 11.7 Å². The molecule has 0 saturated heterocycles. The molecule has 4 heteroatoms. The van der Waals surface area contributed by atoms with Gasteiger partial charge in [0.05, 0.1) is 5.56 Å². The van der Waals surface area contributed by atoms with Crippen LogP contribution in [0, 0.1) is 18.2 Å². The maximum absolute atomic E-state index is 14.0. The molecule has 0 amide bonds. The standard InChI is InChI=1S/C16H22FNO2/c1-10-8-11(18)9-13(14(10)17)15(19)20-12-4-6-16(2,3)7-5-12/h8-9,12H,4-7,18H2,1-3H3. The maximum Gasteiger partial charge on any atom is 0.341 e. The maximum atomic E-state index is 14.0. The first kappa shape index (κ1) is 14.8. The lowest BCUT2D eigenvalue weighted by Crippen LogP contribution is -2.28. The number of hydrogen-bond acceptors (Lipinski definition) is 3. The van der Waals surface area contributed by atoms with E-state index in [9.17, 15) is 9.18 Å². The van der Waals surface area contributed by atoms with Gasteiger partial charge in [0.2, 0.25) is 0 Å². The summed E-state index contributed by atoms with van der Waals surface area (Å²) in [6.07, 6.45) is 3.59. The Hall–Kier alpha value is -1.58. The summed E-state index contributed by atoms with van der Waals surface area (Å²) in [6, 6.07) is 2.85. The summed E-state index contributed by atoms with van der Waals surface area (Å²) in [5.41, 5.74) is 6.64. The summed E-state index contributed by atoms with van der Waals surface area (Å²) >= 11 is 0. The molecule has 1 aliphatic rings. The van der Waals surface area contributed by atoms with E-state index < -0.39 is 11.8 Å². The normalized spacial score (nSPS) is 18.8. The molecular formula is C16H22FNO2. The van der Waals surface area contributed by atoms with Gasteiger partial charge in [-0.1, -0.05) is 13.8 Å². The summed E-state index contributed by atoms with van der Waals surface area (Å²) in [7, 11) is 0. The van der Waals surface area contributed by atoms with E-state index in [4.69, 9.17) is 10.5 Å². The zero-order chi connectivity index (χ0) is 14.9. The molecule has 110 valence electrons. The number of ether oxygens (including phenoxy) is 1. The molecule has 1 aromatic rings. The van der Waals surface area contributed by atoms with Gasteiger partial charge in [0.15, 0.2) is 0 Å². The Kier molecular flexibility index (Phi) is 4.02. The molecule has 0 aromatic heterocycles. The van der Waals surface area contributed by atoms with E-state index in [1.54, 1.807) is 6.92 Å². The van der Waals surface area contributed by atoms with Crippen molar-refractivity contribution in [1.82, 2.24) is 0 Å². The summed E-state index contributed by atoms with van der Waals surface area (Å²) in [5, 5.41) is 0. The number of nitrogen functional groups attached to an aromatic ring is 1. The SMILES string of the molecule is Cc1cc(N)cc(C(=O)OC2CCC(C)(C)CC2)c1F. The third-order valence-electron chi connectivity index (χ3n) is 4.06. The first-order chi connectivity index (χ1) is 9.28. The molecule has 2 N–H and O–H groups in total. The molecule has 0 heterocycles. The molecule has 20 heavy (non-hydrogen) atoms. The first-order valence-electron chi connectivity index (χ1n) is 7.05. The molecule has 0 unspecified atom stereocenters. The second kappa shape index (κ2) is 5.43. The molecule has 1 fully saturated rings. The van der Waals surface area contributed by atoms with Crippen molar-refractivity contribution in [2.75, 3.05) is 5.73 Å². The van der Waals surface area contributed by atoms with Gasteiger partial charge in [0.1, 0.15) is 11.9 Å². The molecule has 0 aliphatic heterocycles. The van der Waals surface area contributed by atoms with Crippen molar-refractivity contribution in [3.63, 3.8) is 0 Å². The lowest BCUT2D eigenvalue weighted by atomic mass is 9.76. The topological polar surface area (TPSA) is 52.3 Å². The van der Waals surface area contributed by atoms with Crippen LogP contribution in [0.5, 0.6) is 0 Å². The van der Waals surface area contributed by atoms with Crippen LogP contribution in [0.4, 0.5) is 10.1 Å². The number of esters is 1. The predicted octanol–water partition coefficient (Wildman–Crippen LogP) is 3.84. The number of anilines is 1. The van der Waals surface area contributed by atoms with Gasteiger partial charge in [-0.2, -0.15) is 0 Å². The van der Waals surface area contributed by atoms with Crippen molar-refractivity contribution in [2.24, 2.45) is 5.41 Å². The van der Waals surface area contributed by atoms with Crippen molar-refractivity contribution in [1.29, 1.82) is 0 Å². The van der Waals surface area contributed by atoms with Crippen LogP contribution < -0.4 is 5.73 Å². The second-order valence-electron chi connectivity index (χ2n) is 6.47. The van der Waals surface area contributed by atoms with Gasteiger partial charge in [-0.05, 0) is 55.7 Å². The third kappa shape index (κ3) is 3.30. The molecule has 0 spiro atoms. The van der Waals surface area contributed by atoms with Crippen LogP contribution in [0.15, 0.2) is 12.1 Å². The van der Waals surface area contributed by atoms with Gasteiger partial charge in [-0.3, -0.25) is 0 Å². The fraction of sp³-hybridized carbons (Fsp3) is 0.562. The molecule has 1 saturated carbocycles. The lowest BCUT2D eigenvalue weighted by Gasteiger charge is -2.33. The Labute approximate surface area is 119 Å². The highest BCUT2D eigenvalue weighted by molar-refractivity contribution is 5.91. The highest BCUT2D eigenvalue weighted by Crippen LogP contribution is 2.36. The Morgan fingerprint density at radius 2 is 1.95 bits per heavy atom. The zero-order valence-electron chi connectivity index (χ0n) is 12.3. The Morgan fingerprint density at radius 3 is 2.55 bits per heavy atom. The summed E-state index contributed by atoms with van der Waals surface area (Å²) in [6.45, 7) is 6.02. The number of halogens is 1. The Balaban J connectivity index is 2.06. The van der Waals surface area contributed by atoms with Crippen LogP contribution in [0.3, 0.4) is 0 Å². The van der Waals surface area contributed by atoms with E-state index >= 15 is 0 Å². The van der Waals surface area contributed by atoms with Crippen molar-refractivity contribution in [2.45, 2.75) is 52.6 Å². The van der Waals surface area contributed by atoms with Gasteiger partial charge in [0, 0.05) is 5.69 Å². The Bertz CT molecular complexity index is 515. The van der Waals surface area contributed by atoms with E-state index in [2.05, 4.69) is 13.8 Å². The minimum absolute atomic E-state index is 0.0627. The largest absolute Gasteiger partial charge is 0.459 e. The highest BCUT2D eigenvalue weighted by atomic mass is 19.1. The van der Waals surface area contributed by atoms with Gasteiger partial charge in [-0.15, -0.1) is 0 Å². The molecule has 0 bridgehead atoms. The number of nitrogens with two attached hydrogens (primary N) is 1. The van der Waals surface area contributed by atoms with Gasteiger partial charge < -0.3 is 10.5 Å². The minimum Gasteiger partial charge on any atom is -0.459 e. The van der Waals surface area contributed by atoms with E-state index in [0.29, 0.717) is 16.7 Å². The summed E-state index contributed by atoms with van der Waals surface area (Å²) in [5.74, 6) is -1.15. The third-order valence-corrected chi connectivity index (χ3v) is 4.06. The van der Waals surface area contributed by atoms with E-state index in [0.717, 1.165) is 25.7 Å². The van der Waals surface area contributed by atoms with E-state index in [1.807, 2.05) is 0 Å². The van der Waals surface area contributed by atoms with Crippen molar-refractivity contribution < 1.29 is 13.9 Å². The fourth-order valence-corrected chi connectivity index (χ4v) is 2.65. The van der Waals surface area contributed by atoms with Gasteiger partial charge in [-0.25, -0.2) is 9.18 Å². The quantitative estimate of drug-likeness (QED) is 0.661. The number of aryl methyl sites for hydroxylation is 1. The first-order valence-corrected chi connectivity index (χ1v) is 7.05. The summed E-state index contributed by atoms with van der Waals surface area (Å²) in [4.78, 5) is 12.1. The van der Waals surface area contributed by atoms with Crippen LogP contribution in [0.2, 0.25) is 0 Å². The van der Waals surface area contributed by atoms with Gasteiger partial charge in [0.25, 0.3) is 0 Å². The molecule has 0 radical (unpaired) electrons. The fourth-order valence-electron chi connectivity index (χ4n) is 2.65. The molecular weight excluding hydrogens is 257 g/mol. The van der Waals surface area contributed by atoms with Crippen molar-refractivity contribution in [3.05, 3.63) is 29.1 Å². The molecule has 2 rings (SSSR count). The molecule has 1 aliphatic carbocycles. The number of rotatable bonds is 2. The van der Waals surface area contributed by atoms with Crippen LogP contribution in [0.1, 0.15) is 55.5 Å². The number of benzene rings is 1. The number of hydrogen-bond donors (Lipinski definition) is 1. The molecule has 0 atom stereocenters. The number of carbonyl (C=O) groups is 1. The zero-order valence-corrected chi connectivity index (χ0v) is 12.3. The smallest absolute Gasteiger partial charge is 0.341 e. The summed E-state index contributed by atoms with van der Waals surface area (Å²) < 4.78 is 19.4. The molecule has 3 nitrogen and oxygen atoms in total. The van der Waals surface area contributed by atoms with Crippen LogP contribution in [0.25, 0.3) is 0 Å². The van der Waals surface area contributed by atoms with Gasteiger partial charge >= 0.3 is 5.97 Å². The van der Waals surface area contributed by atoms with Crippen LogP contribution in [-0.4, -0.2) is 12.1 Å². The minimum atomic E-state index is -0.609. The van der Waals surface area contributed by atoms with E-state index in [1.165, 1.54) is 12.1 Å². The van der Waals surface area contributed by atoms with Crippen LogP contribution in [-0.2, 0) is 4.74 Å². The van der Waals surface area contributed by atoms with Crippen molar-refractivity contribution in [3.8, 4) is 0 Å². The Morgan fingerprint density at radius 1 is 1.35 bits per heavy atom. The van der Waals surface area contributed by atoms with Crippen LogP contribution >= 0.6 is 0 Å². The number of carbonyl (C=O) groups excluding carboxylic acids is 1. The highest BCUT2D eigenvalue weighted by Gasteiger charge is 2.29. The van der Waals surface area contributed by atoms with Crippen molar-refractivity contribution >= 4 is 11.7 Å². The monoisotopic (exact) mass is 279 g/mol.